The van der Waals surface area contributed by atoms with Crippen LogP contribution in [0.3, 0.4) is 0 Å². The van der Waals surface area contributed by atoms with E-state index in [1.54, 1.807) is 0 Å². The van der Waals surface area contributed by atoms with Crippen LogP contribution in [0, 0.1) is 0 Å². The molecule has 0 aromatic heterocycles. The molecule has 48 heteroatoms. The fourth-order valence-corrected chi connectivity index (χ4v) is 14.8. The molecule has 0 aromatic carbocycles. The largest absolute Gasteiger partial charge is 0.477 e. The average Bonchev–Trinajstić information content (AvgIpc) is 1.06. The van der Waals surface area contributed by atoms with Crippen LogP contribution in [-0.4, -0.2) is 406 Å². The summed E-state index contributed by atoms with van der Waals surface area (Å²) < 4.78 is 48.2. The number of hydrogen-bond acceptors (Lipinski definition) is 34. The second-order valence-electron chi connectivity index (χ2n) is 29.5. The Balaban J connectivity index is 1.26. The van der Waals surface area contributed by atoms with Crippen LogP contribution in [0.2, 0.25) is 0 Å². The number of aliphatic hydroxyl groups is 12. The van der Waals surface area contributed by atoms with Crippen LogP contribution >= 0.6 is 0 Å². The molecule has 0 saturated carbocycles. The van der Waals surface area contributed by atoms with Crippen LogP contribution < -0.4 is 53.6 Å². The highest BCUT2D eigenvalue weighted by molar-refractivity contribution is 5.98. The molecule has 30 atom stereocenters. The Morgan fingerprint density at radius 3 is 1.63 bits per heavy atom. The highest BCUT2D eigenvalue weighted by Crippen LogP contribution is 2.40. The lowest BCUT2D eigenvalue weighted by Gasteiger charge is -2.51. The molecule has 0 aromatic rings. The fraction of sp³-hybridized carbons (Fsp3) is 0.794. The van der Waals surface area contributed by atoms with Gasteiger partial charge >= 0.3 is 5.97 Å². The third-order valence-corrected chi connectivity index (χ3v) is 20.8. The van der Waals surface area contributed by atoms with Crippen molar-refractivity contribution in [1.82, 2.24) is 62.6 Å². The predicted octanol–water partition coefficient (Wildman–Crippen LogP) is -14.6. The molecule has 0 aliphatic carbocycles. The van der Waals surface area contributed by atoms with Crippen LogP contribution in [0.1, 0.15) is 100 Å². The quantitative estimate of drug-likeness (QED) is 0.0280. The Hall–Kier alpha value is -8.22. The first kappa shape index (κ1) is 94.9. The smallest absolute Gasteiger partial charge is 0.364 e. The molecule has 7 saturated heterocycles. The number of ether oxygens (including phenoxy) is 8. The van der Waals surface area contributed by atoms with Crippen LogP contribution in [0.4, 0.5) is 0 Å². The first-order chi connectivity index (χ1) is 54.5. The molecule has 7 aliphatic heterocycles. The van der Waals surface area contributed by atoms with Crippen molar-refractivity contribution >= 4 is 82.8 Å². The molecule has 7 rings (SSSR count). The molecule has 0 radical (unpaired) electrons. The van der Waals surface area contributed by atoms with Crippen LogP contribution in [0.5, 0.6) is 0 Å². The molecular weight excluding hydrogens is 1560 g/mol. The summed E-state index contributed by atoms with van der Waals surface area (Å²) in [7, 11) is 0. The number of primary amides is 1. The van der Waals surface area contributed by atoms with E-state index in [1.807, 2.05) is 0 Å². The molecule has 7 fully saturated rings. The number of carbonyl (C=O) groups is 14. The zero-order valence-corrected chi connectivity index (χ0v) is 64.8. The number of aliphatic carboxylic acids is 1. The fourth-order valence-electron chi connectivity index (χ4n) is 14.8. The normalized spacial score (nSPS) is 33.4. The Kier molecular flexibility index (Phi) is 34.3. The van der Waals surface area contributed by atoms with Crippen molar-refractivity contribution < 1.29 is 171 Å². The molecule has 116 heavy (non-hydrogen) atoms. The number of nitrogens with one attached hydrogen (secondary N) is 9. The summed E-state index contributed by atoms with van der Waals surface area (Å²) in [5.74, 6) is -17.3. The van der Waals surface area contributed by atoms with E-state index < -0.39 is 311 Å². The topological polar surface area (TPSA) is 720 Å². The van der Waals surface area contributed by atoms with E-state index in [2.05, 4.69) is 47.9 Å². The predicted molar refractivity (Wildman–Crippen MR) is 380 cm³/mol. The lowest BCUT2D eigenvalue weighted by Crippen LogP contribution is -2.71. The van der Waals surface area contributed by atoms with Gasteiger partial charge in [0, 0.05) is 53.8 Å². The monoisotopic (exact) mass is 1670 g/mol. The highest BCUT2D eigenvalue weighted by Gasteiger charge is 2.61. The van der Waals surface area contributed by atoms with Crippen molar-refractivity contribution in [3.8, 4) is 0 Å². The average molecular weight is 1670 g/mol. The second-order valence-corrected chi connectivity index (χ2v) is 29.5. The van der Waals surface area contributed by atoms with Gasteiger partial charge in [0.05, 0.1) is 57.8 Å². The Labute approximate surface area is 662 Å². The summed E-state index contributed by atoms with van der Waals surface area (Å²) in [5, 5.41) is 165. The minimum atomic E-state index is -3.35. The number of carboxylic acids is 1. The summed E-state index contributed by atoms with van der Waals surface area (Å²) in [4.78, 5) is 192. The third kappa shape index (κ3) is 23.0. The number of rotatable bonds is 35. The first-order valence-corrected chi connectivity index (χ1v) is 37.7. The Morgan fingerprint density at radius 2 is 1.07 bits per heavy atom. The van der Waals surface area contributed by atoms with Gasteiger partial charge in [0.2, 0.25) is 76.8 Å². The number of nitrogens with zero attached hydrogens (tertiary/aromatic N) is 3. The van der Waals surface area contributed by atoms with Crippen molar-refractivity contribution in [2.75, 3.05) is 59.2 Å². The van der Waals surface area contributed by atoms with Crippen molar-refractivity contribution in [2.45, 2.75) is 283 Å². The second kappa shape index (κ2) is 41.9. The van der Waals surface area contributed by atoms with Gasteiger partial charge in [-0.1, -0.05) is 0 Å². The summed E-state index contributed by atoms with van der Waals surface area (Å²) in [5.41, 5.74) is 5.37. The minimum Gasteiger partial charge on any atom is -0.477 e. The number of carbonyl (C=O) groups excluding carboxylic acids is 13. The molecule has 48 nitrogen and oxygen atoms in total. The zero-order chi connectivity index (χ0) is 86.4. The Bertz CT molecular complexity index is 3500. The molecule has 24 N–H and O–H groups in total. The summed E-state index contributed by atoms with van der Waals surface area (Å²) in [6.07, 6.45) is -39.0. The van der Waals surface area contributed by atoms with E-state index in [1.165, 1.54) is 37.5 Å². The lowest BCUT2D eigenvalue weighted by molar-refractivity contribution is -0.382. The van der Waals surface area contributed by atoms with Gasteiger partial charge in [0.1, 0.15) is 140 Å². The van der Waals surface area contributed by atoms with Crippen LogP contribution in [-0.2, 0) is 105 Å². The van der Waals surface area contributed by atoms with Gasteiger partial charge in [-0.15, -0.1) is 0 Å². The van der Waals surface area contributed by atoms with Gasteiger partial charge in [-0.25, -0.2) is 4.79 Å². The molecule has 656 valence electrons. The number of hydrogen-bond donors (Lipinski definition) is 23. The van der Waals surface area contributed by atoms with E-state index in [4.69, 9.17) is 43.6 Å². The van der Waals surface area contributed by atoms with Crippen molar-refractivity contribution in [3.63, 3.8) is 0 Å². The van der Waals surface area contributed by atoms with Crippen LogP contribution in [0.15, 0.2) is 0 Å². The maximum Gasteiger partial charge on any atom is 0.364 e. The SMILES string of the molecule is CC(=O)NC(C)C(=O)N1CCCC1C(=O)NCC(=O)NC(CO)C(=O)NC(C(=O)NC(C)C(=O)N1CCCC1C(=O)N1CCCC1C(=O)NC(C)C(N)=O)C(C)O[C@@H]1OC(CO[C@@H]2OC(CO)[C@H](O)C(O)[C@H]2NC(C)=O)[C@H](O)C(O[C@@H]2OC(CO)[C@H](O)C(O[C@]3(C(=O)O)C[C@H](O)[C@@H](NC(C)=O)C([C@H](O)[C@H](O)CO)O3)[C@H]2O)[C@H]1NC(C)=O. The summed E-state index contributed by atoms with van der Waals surface area (Å²) in [6, 6.07) is -17.1. The van der Waals surface area contributed by atoms with E-state index in [0.717, 1.165) is 32.6 Å². The van der Waals surface area contributed by atoms with E-state index >= 15 is 4.79 Å². The van der Waals surface area contributed by atoms with Gasteiger partial charge in [-0.3, -0.25) is 62.3 Å². The van der Waals surface area contributed by atoms with Gasteiger partial charge in [-0.05, 0) is 66.2 Å². The van der Waals surface area contributed by atoms with Gasteiger partial charge in [0.25, 0.3) is 5.79 Å². The molecule has 7 aliphatic rings. The zero-order valence-electron chi connectivity index (χ0n) is 64.8. The van der Waals surface area contributed by atoms with Crippen molar-refractivity contribution in [3.05, 3.63) is 0 Å². The molecule has 0 spiro atoms. The number of nitrogens with two attached hydrogens (primary N) is 1. The molecule has 7 heterocycles. The molecule has 0 bridgehead atoms. The summed E-state index contributed by atoms with van der Waals surface area (Å²) in [6.45, 7) is 2.44. The minimum absolute atomic E-state index is 0.0659. The maximum atomic E-state index is 15.2. The van der Waals surface area contributed by atoms with Gasteiger partial charge in [-0.2, -0.15) is 0 Å². The van der Waals surface area contributed by atoms with E-state index in [0.29, 0.717) is 12.8 Å². The number of likely N-dealkylation sites (tertiary alicyclic amines) is 3. The Morgan fingerprint density at radius 1 is 0.543 bits per heavy atom. The number of aliphatic hydroxyl groups excluding tert-OH is 12. The third-order valence-electron chi connectivity index (χ3n) is 20.8. The number of carboxylic acid groups (broad SMARTS) is 1. The van der Waals surface area contributed by atoms with Crippen molar-refractivity contribution in [2.24, 2.45) is 5.73 Å². The first-order valence-electron chi connectivity index (χ1n) is 37.7. The van der Waals surface area contributed by atoms with Gasteiger partial charge < -0.3 is 173 Å². The van der Waals surface area contributed by atoms with Crippen molar-refractivity contribution in [1.29, 1.82) is 0 Å². The molecule has 16 unspecified atom stereocenters. The highest BCUT2D eigenvalue weighted by atomic mass is 16.8. The molecular formula is C68H109N13O35. The van der Waals surface area contributed by atoms with Gasteiger partial charge in [0.15, 0.2) is 18.9 Å². The maximum absolute atomic E-state index is 15.2. The molecule has 13 amide bonds. The van der Waals surface area contributed by atoms with E-state index in [-0.39, 0.29) is 45.3 Å². The standard InChI is InChI=1S/C68H109N13O35/c1-25(56(69)99)72-59(102)35-13-10-16-80(35)63(106)36-14-11-17-81(36)62(105)27(3)73-60(103)43(78-57(100)33(20-82)77-42(92)19-70-58(101)34-12-9-15-79(34)61(104)26(2)71-29(5)86)28(4)110-65-46(76-32(8)89)53(50(96)41(113-65)24-109-64-45(75-31(7)88)51(97)48(94)39(22-84)111-64)114-66-52(98)55(49(95)40(23-85)112-66)116-68(67(107)108)18-37(90)44(74-30(6)87)54(115-68)47(93)38(91)21-83/h25-28,33-41,43-55,64-66,82-85,90-91,93-98H,9-24H2,1-8H3,(H2,69,99)(H,70,101)(H,71,86)(H,72,102)(H,73,103)(H,74,87)(H,75,88)(H,76,89)(H,77,92)(H,78,100)(H,107,108)/t25?,26?,27?,28?,33?,34?,35?,36?,37-,38+,39?,40?,41?,43?,44+,45+,46+,47+,48-,49-,50-,51?,52+,53?,54?,55?,64+,65+,66-,68-/m0/s1. The van der Waals surface area contributed by atoms with E-state index in [9.17, 15) is 129 Å². The summed E-state index contributed by atoms with van der Waals surface area (Å²) >= 11 is 0. The van der Waals surface area contributed by atoms with Crippen LogP contribution in [0.25, 0.3) is 0 Å². The number of amides is 13. The lowest BCUT2D eigenvalue weighted by atomic mass is 9.88.